The predicted octanol–water partition coefficient (Wildman–Crippen LogP) is 13.1. The molecular formula is C48H29N3O. The van der Waals surface area contributed by atoms with Gasteiger partial charge in [0.1, 0.15) is 11.2 Å². The molecule has 0 atom stereocenters. The summed E-state index contributed by atoms with van der Waals surface area (Å²) >= 11 is 0. The molecule has 242 valence electrons. The molecule has 0 unspecified atom stereocenters. The minimum atomic E-state index is 0.684. The summed E-state index contributed by atoms with van der Waals surface area (Å²) in [5.41, 5.74) is 13.6. The zero-order valence-corrected chi connectivity index (χ0v) is 28.0. The van der Waals surface area contributed by atoms with Crippen molar-refractivity contribution >= 4 is 60.7 Å². The van der Waals surface area contributed by atoms with E-state index in [1.807, 2.05) is 30.3 Å². The van der Waals surface area contributed by atoms with Crippen molar-refractivity contribution in [3.8, 4) is 44.9 Å². The van der Waals surface area contributed by atoms with Crippen molar-refractivity contribution in [2.45, 2.75) is 0 Å². The molecule has 2 aromatic heterocycles. The SMILES string of the molecule is c1ccc(-c2ccc3c4c(cccc24)-c2cc(-c4nc(-c5ccc6c(c5)oc5ccccc56)c5ccccc5n4)ccc2N3c2ccccc2)cc1. The van der Waals surface area contributed by atoms with Crippen molar-refractivity contribution < 1.29 is 4.42 Å². The van der Waals surface area contributed by atoms with E-state index in [1.54, 1.807) is 0 Å². The van der Waals surface area contributed by atoms with E-state index in [9.17, 15) is 0 Å². The second kappa shape index (κ2) is 11.2. The predicted molar refractivity (Wildman–Crippen MR) is 214 cm³/mol. The van der Waals surface area contributed by atoms with Crippen LogP contribution in [0.3, 0.4) is 0 Å². The molecule has 52 heavy (non-hydrogen) atoms. The first-order chi connectivity index (χ1) is 25.8. The zero-order valence-electron chi connectivity index (χ0n) is 28.0. The Hall–Kier alpha value is -7.04. The van der Waals surface area contributed by atoms with E-state index in [0.29, 0.717) is 5.82 Å². The third-order valence-corrected chi connectivity index (χ3v) is 10.4. The van der Waals surface area contributed by atoms with Crippen LogP contribution in [0.15, 0.2) is 180 Å². The molecule has 10 aromatic rings. The molecule has 3 heterocycles. The highest BCUT2D eigenvalue weighted by atomic mass is 16.3. The Balaban J connectivity index is 1.13. The van der Waals surface area contributed by atoms with Crippen LogP contribution in [0.25, 0.3) is 88.5 Å². The monoisotopic (exact) mass is 663 g/mol. The lowest BCUT2D eigenvalue weighted by Crippen LogP contribution is -2.15. The number of benzene rings is 8. The highest BCUT2D eigenvalue weighted by Crippen LogP contribution is 2.53. The number of para-hydroxylation sites is 3. The van der Waals surface area contributed by atoms with Crippen LogP contribution < -0.4 is 4.90 Å². The van der Waals surface area contributed by atoms with Crippen LogP contribution in [0.1, 0.15) is 0 Å². The average Bonchev–Trinajstić information content (AvgIpc) is 3.59. The van der Waals surface area contributed by atoms with Gasteiger partial charge in [0, 0.05) is 43.9 Å². The van der Waals surface area contributed by atoms with Gasteiger partial charge in [0.25, 0.3) is 0 Å². The van der Waals surface area contributed by atoms with Crippen molar-refractivity contribution in [1.29, 1.82) is 0 Å². The third kappa shape index (κ3) is 4.34. The molecule has 1 aliphatic rings. The minimum Gasteiger partial charge on any atom is -0.456 e. The largest absolute Gasteiger partial charge is 0.456 e. The summed E-state index contributed by atoms with van der Waals surface area (Å²) in [6.45, 7) is 0. The van der Waals surface area contributed by atoms with Crippen LogP contribution in [0, 0.1) is 0 Å². The van der Waals surface area contributed by atoms with Crippen LogP contribution in [0.5, 0.6) is 0 Å². The molecule has 0 radical (unpaired) electrons. The van der Waals surface area contributed by atoms with Crippen molar-refractivity contribution in [3.63, 3.8) is 0 Å². The Morgan fingerprint density at radius 2 is 1.12 bits per heavy atom. The van der Waals surface area contributed by atoms with E-state index in [0.717, 1.165) is 66.6 Å². The fourth-order valence-corrected chi connectivity index (χ4v) is 8.04. The summed E-state index contributed by atoms with van der Waals surface area (Å²) in [7, 11) is 0. The Kier molecular flexibility index (Phi) is 6.22. The number of hydrogen-bond donors (Lipinski definition) is 0. The van der Waals surface area contributed by atoms with Gasteiger partial charge in [0.15, 0.2) is 5.82 Å². The molecule has 8 aromatic carbocycles. The minimum absolute atomic E-state index is 0.684. The molecule has 0 saturated heterocycles. The van der Waals surface area contributed by atoms with Gasteiger partial charge in [-0.25, -0.2) is 9.97 Å². The van der Waals surface area contributed by atoms with Gasteiger partial charge in [-0.2, -0.15) is 0 Å². The maximum absolute atomic E-state index is 6.30. The molecule has 1 aliphatic heterocycles. The molecular weight excluding hydrogens is 635 g/mol. The van der Waals surface area contributed by atoms with E-state index in [-0.39, 0.29) is 0 Å². The van der Waals surface area contributed by atoms with Gasteiger partial charge < -0.3 is 9.32 Å². The first kappa shape index (κ1) is 28.8. The number of aromatic nitrogens is 2. The van der Waals surface area contributed by atoms with E-state index < -0.39 is 0 Å². The quantitative estimate of drug-likeness (QED) is 0.188. The smallest absolute Gasteiger partial charge is 0.160 e. The van der Waals surface area contributed by atoms with Crippen molar-refractivity contribution in [2.24, 2.45) is 0 Å². The molecule has 4 nitrogen and oxygen atoms in total. The number of nitrogens with zero attached hydrogens (tertiary/aromatic N) is 3. The van der Waals surface area contributed by atoms with Crippen LogP contribution in [0.2, 0.25) is 0 Å². The van der Waals surface area contributed by atoms with Crippen LogP contribution >= 0.6 is 0 Å². The van der Waals surface area contributed by atoms with Gasteiger partial charge in [-0.05, 0) is 82.7 Å². The van der Waals surface area contributed by atoms with E-state index in [1.165, 1.54) is 33.2 Å². The fraction of sp³-hybridized carbons (Fsp3) is 0. The summed E-state index contributed by atoms with van der Waals surface area (Å²) < 4.78 is 6.30. The van der Waals surface area contributed by atoms with Gasteiger partial charge in [-0.1, -0.05) is 115 Å². The average molecular weight is 664 g/mol. The summed E-state index contributed by atoms with van der Waals surface area (Å²) in [5, 5.41) is 5.67. The lowest BCUT2D eigenvalue weighted by atomic mass is 9.87. The number of hydrogen-bond acceptors (Lipinski definition) is 4. The highest BCUT2D eigenvalue weighted by molar-refractivity contribution is 6.17. The lowest BCUT2D eigenvalue weighted by Gasteiger charge is -2.34. The Labute approximate surface area is 299 Å². The second-order valence-electron chi connectivity index (χ2n) is 13.4. The molecule has 0 spiro atoms. The molecule has 0 N–H and O–H groups in total. The first-order valence-electron chi connectivity index (χ1n) is 17.6. The van der Waals surface area contributed by atoms with Crippen molar-refractivity contribution in [2.75, 3.05) is 4.90 Å². The van der Waals surface area contributed by atoms with E-state index in [4.69, 9.17) is 14.4 Å². The number of anilines is 3. The Bertz CT molecular complexity index is 3020. The van der Waals surface area contributed by atoms with Gasteiger partial charge in [0.05, 0.1) is 22.6 Å². The zero-order chi connectivity index (χ0) is 34.2. The summed E-state index contributed by atoms with van der Waals surface area (Å²) in [4.78, 5) is 12.8. The molecule has 4 heteroatoms. The van der Waals surface area contributed by atoms with E-state index in [2.05, 4.69) is 150 Å². The molecule has 0 amide bonds. The molecule has 0 fully saturated rings. The highest BCUT2D eigenvalue weighted by Gasteiger charge is 2.28. The van der Waals surface area contributed by atoms with E-state index >= 15 is 0 Å². The van der Waals surface area contributed by atoms with Gasteiger partial charge >= 0.3 is 0 Å². The van der Waals surface area contributed by atoms with Crippen LogP contribution in [-0.4, -0.2) is 9.97 Å². The lowest BCUT2D eigenvalue weighted by molar-refractivity contribution is 0.669. The normalized spacial score (nSPS) is 12.2. The number of fused-ring (bicyclic) bond motifs is 6. The van der Waals surface area contributed by atoms with Gasteiger partial charge in [-0.3, -0.25) is 0 Å². The standard InChI is InChI=1S/C48H29N3O/c1-3-12-30(13-4-1)34-25-27-43-46-37(34)18-11-19-38(46)40-28-32(23-26-42(40)51(43)33-14-5-2-6-15-33)48-49-41-20-9-7-17-39(41)47(50-48)31-22-24-36-35-16-8-10-21-44(35)52-45(36)29-31/h1-29H. The van der Waals surface area contributed by atoms with Gasteiger partial charge in [-0.15, -0.1) is 0 Å². The summed E-state index contributed by atoms with van der Waals surface area (Å²) in [6.07, 6.45) is 0. The Morgan fingerprint density at radius 3 is 2.00 bits per heavy atom. The summed E-state index contributed by atoms with van der Waals surface area (Å²) in [6, 6.07) is 62.0. The molecule has 0 saturated carbocycles. The summed E-state index contributed by atoms with van der Waals surface area (Å²) in [5.74, 6) is 0.684. The Morgan fingerprint density at radius 1 is 0.404 bits per heavy atom. The van der Waals surface area contributed by atoms with Crippen LogP contribution in [0.4, 0.5) is 17.1 Å². The maximum atomic E-state index is 6.30. The second-order valence-corrected chi connectivity index (χ2v) is 13.4. The van der Waals surface area contributed by atoms with Crippen molar-refractivity contribution in [3.05, 3.63) is 176 Å². The van der Waals surface area contributed by atoms with Crippen LogP contribution in [-0.2, 0) is 0 Å². The topological polar surface area (TPSA) is 42.2 Å². The van der Waals surface area contributed by atoms with Gasteiger partial charge in [0.2, 0.25) is 0 Å². The third-order valence-electron chi connectivity index (χ3n) is 10.4. The first-order valence-corrected chi connectivity index (χ1v) is 17.6. The van der Waals surface area contributed by atoms with Crippen molar-refractivity contribution in [1.82, 2.24) is 9.97 Å². The maximum Gasteiger partial charge on any atom is 0.160 e. The number of rotatable bonds is 4. The fourth-order valence-electron chi connectivity index (χ4n) is 8.04. The molecule has 0 aliphatic carbocycles. The molecule has 11 rings (SSSR count). The molecule has 0 bridgehead atoms. The number of furan rings is 1.